The number of carbonyl (C=O) groups is 1. The summed E-state index contributed by atoms with van der Waals surface area (Å²) in [5.41, 5.74) is 2.85. The molecule has 1 unspecified atom stereocenters. The molecule has 0 aliphatic carbocycles. The van der Waals surface area contributed by atoms with Crippen molar-refractivity contribution in [2.24, 2.45) is 5.41 Å². The summed E-state index contributed by atoms with van der Waals surface area (Å²) in [6, 6.07) is 7.14. The van der Waals surface area contributed by atoms with Crippen LogP contribution in [0.1, 0.15) is 76.1 Å². The summed E-state index contributed by atoms with van der Waals surface area (Å²) in [6.07, 6.45) is 0.224. The second-order valence-corrected chi connectivity index (χ2v) is 13.1. The van der Waals surface area contributed by atoms with Crippen molar-refractivity contribution in [1.82, 2.24) is 4.98 Å². The Morgan fingerprint density at radius 2 is 1.57 bits per heavy atom. The SMILES string of the molecule is Cc1nc(C)c(C(OC(C)(C)C)C(=O)O)c(N2CCC(C)(C)CC2)c1-c1ccc(OCCc2c(F)c(F)cc(F)c2F)cc1. The van der Waals surface area contributed by atoms with Crippen molar-refractivity contribution < 1.29 is 36.9 Å². The molecule has 44 heavy (non-hydrogen) atoms. The Balaban J connectivity index is 1.71. The summed E-state index contributed by atoms with van der Waals surface area (Å²) in [6.45, 7) is 14.8. The Kier molecular flexibility index (Phi) is 9.63. The molecule has 0 radical (unpaired) electrons. The Bertz CT molecular complexity index is 1500. The molecule has 0 bridgehead atoms. The zero-order valence-electron chi connectivity index (χ0n) is 26.3. The molecule has 10 heteroatoms. The van der Waals surface area contributed by atoms with Gasteiger partial charge in [0.25, 0.3) is 0 Å². The molecule has 1 aliphatic heterocycles. The van der Waals surface area contributed by atoms with Gasteiger partial charge in [-0.1, -0.05) is 26.0 Å². The van der Waals surface area contributed by atoms with E-state index in [4.69, 9.17) is 14.5 Å². The number of halogens is 4. The van der Waals surface area contributed by atoms with Crippen LogP contribution in [0.3, 0.4) is 0 Å². The smallest absolute Gasteiger partial charge is 0.337 e. The molecule has 0 amide bonds. The first-order valence-corrected chi connectivity index (χ1v) is 14.7. The number of piperidine rings is 1. The van der Waals surface area contributed by atoms with Crippen molar-refractivity contribution >= 4 is 11.7 Å². The van der Waals surface area contributed by atoms with Gasteiger partial charge in [0.2, 0.25) is 0 Å². The van der Waals surface area contributed by atoms with Crippen LogP contribution in [0.5, 0.6) is 5.75 Å². The summed E-state index contributed by atoms with van der Waals surface area (Å²) in [5, 5.41) is 10.3. The minimum absolute atomic E-state index is 0.157. The van der Waals surface area contributed by atoms with Crippen LogP contribution < -0.4 is 9.64 Å². The third-order valence-corrected chi connectivity index (χ3v) is 7.94. The number of pyridine rings is 1. The molecule has 2 heterocycles. The minimum atomic E-state index is -1.46. The van der Waals surface area contributed by atoms with Crippen LogP contribution in [-0.4, -0.2) is 41.4 Å². The lowest BCUT2D eigenvalue weighted by Crippen LogP contribution is -2.39. The Morgan fingerprint density at radius 3 is 2.09 bits per heavy atom. The number of aliphatic carboxylic acids is 1. The quantitative estimate of drug-likeness (QED) is 0.194. The van der Waals surface area contributed by atoms with Crippen LogP contribution in [0.15, 0.2) is 30.3 Å². The average molecular weight is 617 g/mol. The van der Waals surface area contributed by atoms with E-state index in [0.29, 0.717) is 17.0 Å². The second-order valence-electron chi connectivity index (χ2n) is 13.1. The highest BCUT2D eigenvalue weighted by Gasteiger charge is 2.36. The molecule has 3 aromatic rings. The number of anilines is 1. The van der Waals surface area contributed by atoms with Crippen LogP contribution >= 0.6 is 0 Å². The fourth-order valence-corrected chi connectivity index (χ4v) is 5.59. The van der Waals surface area contributed by atoms with Crippen molar-refractivity contribution in [1.29, 1.82) is 0 Å². The molecule has 0 spiro atoms. The van der Waals surface area contributed by atoms with Gasteiger partial charge in [0, 0.05) is 53.7 Å². The van der Waals surface area contributed by atoms with Gasteiger partial charge in [-0.05, 0) is 70.6 Å². The third kappa shape index (κ3) is 7.34. The summed E-state index contributed by atoms with van der Waals surface area (Å²) in [5.74, 6) is -6.53. The second kappa shape index (κ2) is 12.8. The fourth-order valence-electron chi connectivity index (χ4n) is 5.59. The standard InChI is InChI=1S/C34H40F4N2O4/c1-19-26(21-8-10-22(11-9-21)43-17-12-23-28(37)24(35)18-25(36)29(23)38)30(40-15-13-34(6,7)14-16-40)27(20(2)39-19)31(32(41)42)44-33(3,4)5/h8-11,18,31H,12-17H2,1-7H3,(H,41,42). The molecule has 0 saturated carbocycles. The van der Waals surface area contributed by atoms with E-state index in [1.807, 2.05) is 27.7 Å². The normalized spacial score (nSPS) is 15.8. The van der Waals surface area contributed by atoms with E-state index in [-0.39, 0.29) is 24.5 Å². The Labute approximate surface area is 256 Å². The fraction of sp³-hybridized carbons (Fsp3) is 0.471. The van der Waals surface area contributed by atoms with E-state index in [1.165, 1.54) is 0 Å². The number of hydrogen-bond acceptors (Lipinski definition) is 5. The molecule has 1 aromatic heterocycles. The van der Waals surface area contributed by atoms with Gasteiger partial charge >= 0.3 is 5.97 Å². The molecular formula is C34H40F4N2O4. The number of hydrogen-bond donors (Lipinski definition) is 1. The van der Waals surface area contributed by atoms with Gasteiger partial charge < -0.3 is 19.5 Å². The van der Waals surface area contributed by atoms with Crippen LogP contribution in [0.25, 0.3) is 11.1 Å². The van der Waals surface area contributed by atoms with Gasteiger partial charge in [0.05, 0.1) is 17.9 Å². The Hall–Kier alpha value is -3.66. The number of benzene rings is 2. The molecule has 238 valence electrons. The predicted octanol–water partition coefficient (Wildman–Crippen LogP) is 8.11. The topological polar surface area (TPSA) is 71.9 Å². The highest BCUT2D eigenvalue weighted by atomic mass is 19.2. The average Bonchev–Trinajstić information content (AvgIpc) is 2.92. The predicted molar refractivity (Wildman–Crippen MR) is 161 cm³/mol. The van der Waals surface area contributed by atoms with Gasteiger partial charge in [-0.25, -0.2) is 22.4 Å². The molecule has 6 nitrogen and oxygen atoms in total. The lowest BCUT2D eigenvalue weighted by atomic mass is 9.82. The lowest BCUT2D eigenvalue weighted by Gasteiger charge is -2.41. The van der Waals surface area contributed by atoms with Gasteiger partial charge in [-0.15, -0.1) is 0 Å². The Morgan fingerprint density at radius 1 is 1.00 bits per heavy atom. The first-order chi connectivity index (χ1) is 20.5. The lowest BCUT2D eigenvalue weighted by molar-refractivity contribution is -0.160. The van der Waals surface area contributed by atoms with Crippen LogP contribution in [-0.2, 0) is 16.0 Å². The molecule has 1 fully saturated rings. The van der Waals surface area contributed by atoms with Crippen LogP contribution in [0, 0.1) is 42.5 Å². The number of carboxylic acid groups (broad SMARTS) is 1. The zero-order valence-corrected chi connectivity index (χ0v) is 26.3. The molecular weight excluding hydrogens is 576 g/mol. The maximum atomic E-state index is 14.0. The molecule has 4 rings (SSSR count). The summed E-state index contributed by atoms with van der Waals surface area (Å²) < 4.78 is 67.0. The number of carboxylic acids is 1. The van der Waals surface area contributed by atoms with E-state index in [2.05, 4.69) is 18.7 Å². The van der Waals surface area contributed by atoms with Crippen LogP contribution in [0.2, 0.25) is 0 Å². The van der Waals surface area contributed by atoms with Crippen molar-refractivity contribution in [2.45, 2.75) is 79.4 Å². The number of ether oxygens (including phenoxy) is 2. The van der Waals surface area contributed by atoms with Gasteiger partial charge in [0.15, 0.2) is 29.4 Å². The molecule has 1 atom stereocenters. The maximum absolute atomic E-state index is 14.0. The summed E-state index contributed by atoms with van der Waals surface area (Å²) >= 11 is 0. The van der Waals surface area contributed by atoms with E-state index in [9.17, 15) is 27.5 Å². The molecule has 1 N–H and O–H groups in total. The number of aryl methyl sites for hydroxylation is 2. The largest absolute Gasteiger partial charge is 0.493 e. The van der Waals surface area contributed by atoms with E-state index >= 15 is 0 Å². The van der Waals surface area contributed by atoms with Crippen molar-refractivity contribution in [3.05, 3.63) is 76.1 Å². The number of aromatic nitrogens is 1. The number of rotatable bonds is 9. The molecule has 1 aliphatic rings. The highest BCUT2D eigenvalue weighted by Crippen LogP contribution is 2.45. The molecule has 1 saturated heterocycles. The first kappa shape index (κ1) is 33.2. The summed E-state index contributed by atoms with van der Waals surface area (Å²) in [4.78, 5) is 19.6. The van der Waals surface area contributed by atoms with E-state index in [0.717, 1.165) is 48.4 Å². The van der Waals surface area contributed by atoms with Gasteiger partial charge in [0.1, 0.15) is 5.75 Å². The van der Waals surface area contributed by atoms with E-state index < -0.39 is 46.5 Å². The summed E-state index contributed by atoms with van der Waals surface area (Å²) in [7, 11) is 0. The zero-order chi connectivity index (χ0) is 32.6. The highest BCUT2D eigenvalue weighted by molar-refractivity contribution is 5.88. The third-order valence-electron chi connectivity index (χ3n) is 7.94. The van der Waals surface area contributed by atoms with Gasteiger partial charge in [-0.3, -0.25) is 4.98 Å². The van der Waals surface area contributed by atoms with Crippen molar-refractivity contribution in [3.63, 3.8) is 0 Å². The van der Waals surface area contributed by atoms with E-state index in [1.54, 1.807) is 31.2 Å². The minimum Gasteiger partial charge on any atom is -0.493 e. The molecule has 2 aromatic carbocycles. The van der Waals surface area contributed by atoms with Crippen molar-refractivity contribution in [2.75, 3.05) is 24.6 Å². The van der Waals surface area contributed by atoms with Crippen molar-refractivity contribution in [3.8, 4) is 16.9 Å². The first-order valence-electron chi connectivity index (χ1n) is 14.7. The monoisotopic (exact) mass is 616 g/mol. The maximum Gasteiger partial charge on any atom is 0.337 e. The number of nitrogens with zero attached hydrogens (tertiary/aromatic N) is 2. The van der Waals surface area contributed by atoms with Gasteiger partial charge in [-0.2, -0.15) is 0 Å². The van der Waals surface area contributed by atoms with Crippen LogP contribution in [0.4, 0.5) is 23.2 Å².